The van der Waals surface area contributed by atoms with Gasteiger partial charge in [-0.2, -0.15) is 0 Å². The van der Waals surface area contributed by atoms with Crippen molar-refractivity contribution < 1.29 is 14.3 Å². The van der Waals surface area contributed by atoms with E-state index in [1.54, 1.807) is 32.4 Å². The van der Waals surface area contributed by atoms with Crippen molar-refractivity contribution in [3.8, 4) is 11.5 Å². The summed E-state index contributed by atoms with van der Waals surface area (Å²) < 4.78 is 10.3. The predicted molar refractivity (Wildman–Crippen MR) is 85.6 cm³/mol. The van der Waals surface area contributed by atoms with Gasteiger partial charge in [0.2, 0.25) is 0 Å². The first kappa shape index (κ1) is 17.6. The lowest BCUT2D eigenvalue weighted by molar-refractivity contribution is 0.0934. The minimum absolute atomic E-state index is 0.0213. The van der Waals surface area contributed by atoms with E-state index in [0.717, 1.165) is 12.8 Å². The summed E-state index contributed by atoms with van der Waals surface area (Å²) >= 11 is 5.72. The fourth-order valence-electron chi connectivity index (χ4n) is 1.99. The van der Waals surface area contributed by atoms with E-state index in [1.165, 1.54) is 0 Å². The molecule has 1 amide bonds. The maximum Gasteiger partial charge on any atom is 0.251 e. The number of alkyl halides is 1. The third kappa shape index (κ3) is 5.84. The van der Waals surface area contributed by atoms with Crippen LogP contribution in [0, 0.1) is 5.41 Å². The Labute approximate surface area is 131 Å². The molecule has 0 fully saturated rings. The molecular weight excluding hydrogens is 290 g/mol. The Balaban J connectivity index is 2.71. The SMILES string of the molecule is COc1cc(OC)cc(C(=O)NCC(C)(C)CCCCl)c1. The molecule has 21 heavy (non-hydrogen) atoms. The van der Waals surface area contributed by atoms with Gasteiger partial charge < -0.3 is 14.8 Å². The summed E-state index contributed by atoms with van der Waals surface area (Å²) in [5.74, 6) is 1.71. The molecule has 0 bridgehead atoms. The number of methoxy groups -OCH3 is 2. The zero-order valence-electron chi connectivity index (χ0n) is 13.2. The summed E-state index contributed by atoms with van der Waals surface area (Å²) in [4.78, 5) is 12.3. The van der Waals surface area contributed by atoms with Crippen LogP contribution in [0.15, 0.2) is 18.2 Å². The normalized spacial score (nSPS) is 11.1. The average Bonchev–Trinajstić information content (AvgIpc) is 2.50. The monoisotopic (exact) mass is 313 g/mol. The number of rotatable bonds is 8. The number of halogens is 1. The van der Waals surface area contributed by atoms with Gasteiger partial charge in [0.1, 0.15) is 11.5 Å². The van der Waals surface area contributed by atoms with E-state index in [2.05, 4.69) is 19.2 Å². The van der Waals surface area contributed by atoms with Crippen molar-refractivity contribution in [1.82, 2.24) is 5.32 Å². The molecule has 0 aliphatic heterocycles. The van der Waals surface area contributed by atoms with Crippen LogP contribution in [0.5, 0.6) is 11.5 Å². The maximum absolute atomic E-state index is 12.3. The lowest BCUT2D eigenvalue weighted by atomic mass is 9.88. The molecule has 0 unspecified atom stereocenters. The molecule has 0 spiro atoms. The topological polar surface area (TPSA) is 47.6 Å². The Morgan fingerprint density at radius 1 is 1.19 bits per heavy atom. The number of carbonyl (C=O) groups excluding carboxylic acids is 1. The standard InChI is InChI=1S/C16H24ClNO3/c1-16(2,6-5-7-17)11-18-15(19)12-8-13(20-3)10-14(9-12)21-4/h8-10H,5-7,11H2,1-4H3,(H,18,19). The van der Waals surface area contributed by atoms with Crippen LogP contribution in [-0.4, -0.2) is 32.6 Å². The van der Waals surface area contributed by atoms with E-state index < -0.39 is 0 Å². The van der Waals surface area contributed by atoms with Gasteiger partial charge in [-0.3, -0.25) is 4.79 Å². The van der Waals surface area contributed by atoms with E-state index in [1.807, 2.05) is 0 Å². The van der Waals surface area contributed by atoms with Crippen molar-refractivity contribution in [2.45, 2.75) is 26.7 Å². The van der Waals surface area contributed by atoms with Gasteiger partial charge in [0.05, 0.1) is 14.2 Å². The minimum Gasteiger partial charge on any atom is -0.497 e. The van der Waals surface area contributed by atoms with Gasteiger partial charge >= 0.3 is 0 Å². The molecule has 5 heteroatoms. The van der Waals surface area contributed by atoms with Crippen molar-refractivity contribution in [2.24, 2.45) is 5.41 Å². The fourth-order valence-corrected chi connectivity index (χ4v) is 2.13. The number of carbonyl (C=O) groups is 1. The van der Waals surface area contributed by atoms with Gasteiger partial charge in [-0.05, 0) is 30.4 Å². The van der Waals surface area contributed by atoms with Crippen molar-refractivity contribution in [1.29, 1.82) is 0 Å². The summed E-state index contributed by atoms with van der Waals surface area (Å²) in [6.45, 7) is 4.83. The van der Waals surface area contributed by atoms with Crippen molar-refractivity contribution in [3.63, 3.8) is 0 Å². The number of benzene rings is 1. The highest BCUT2D eigenvalue weighted by atomic mass is 35.5. The van der Waals surface area contributed by atoms with Crippen LogP contribution >= 0.6 is 11.6 Å². The molecule has 4 nitrogen and oxygen atoms in total. The molecule has 0 atom stereocenters. The molecule has 0 aromatic heterocycles. The molecule has 1 N–H and O–H groups in total. The minimum atomic E-state index is -0.133. The molecule has 1 aromatic rings. The molecule has 0 radical (unpaired) electrons. The van der Waals surface area contributed by atoms with Gasteiger partial charge in [0, 0.05) is 24.1 Å². The van der Waals surface area contributed by atoms with Crippen LogP contribution in [0.3, 0.4) is 0 Å². The summed E-state index contributed by atoms with van der Waals surface area (Å²) in [5.41, 5.74) is 0.549. The highest BCUT2D eigenvalue weighted by Crippen LogP contribution is 2.24. The van der Waals surface area contributed by atoms with Gasteiger partial charge in [0.25, 0.3) is 5.91 Å². The molecule has 118 valence electrons. The second-order valence-corrected chi connectivity index (χ2v) is 6.12. The van der Waals surface area contributed by atoms with E-state index in [9.17, 15) is 4.79 Å². The number of nitrogens with one attached hydrogen (secondary N) is 1. The first-order valence-electron chi connectivity index (χ1n) is 6.99. The van der Waals surface area contributed by atoms with Crippen molar-refractivity contribution in [3.05, 3.63) is 23.8 Å². The number of amides is 1. The Morgan fingerprint density at radius 2 is 1.76 bits per heavy atom. The zero-order chi connectivity index (χ0) is 15.9. The second-order valence-electron chi connectivity index (χ2n) is 5.74. The zero-order valence-corrected chi connectivity index (χ0v) is 13.9. The number of hydrogen-bond acceptors (Lipinski definition) is 3. The third-order valence-corrected chi connectivity index (χ3v) is 3.60. The van der Waals surface area contributed by atoms with Gasteiger partial charge in [0.15, 0.2) is 0 Å². The summed E-state index contributed by atoms with van der Waals surface area (Å²) in [6, 6.07) is 5.13. The van der Waals surface area contributed by atoms with Gasteiger partial charge in [-0.25, -0.2) is 0 Å². The lowest BCUT2D eigenvalue weighted by Gasteiger charge is -2.24. The largest absolute Gasteiger partial charge is 0.497 e. The Kier molecular flexibility index (Phi) is 6.82. The van der Waals surface area contributed by atoms with E-state index in [4.69, 9.17) is 21.1 Å². The predicted octanol–water partition coefficient (Wildman–Crippen LogP) is 3.48. The third-order valence-electron chi connectivity index (χ3n) is 3.33. The van der Waals surface area contributed by atoms with Gasteiger partial charge in [-0.15, -0.1) is 11.6 Å². The van der Waals surface area contributed by atoms with Crippen LogP contribution < -0.4 is 14.8 Å². The Hall–Kier alpha value is -1.42. The number of ether oxygens (including phenoxy) is 2. The molecule has 0 aliphatic rings. The average molecular weight is 314 g/mol. The Bertz CT molecular complexity index is 452. The maximum atomic E-state index is 12.3. The quantitative estimate of drug-likeness (QED) is 0.747. The van der Waals surface area contributed by atoms with Crippen molar-refractivity contribution in [2.75, 3.05) is 26.6 Å². The van der Waals surface area contributed by atoms with Crippen LogP contribution in [0.25, 0.3) is 0 Å². The van der Waals surface area contributed by atoms with E-state index in [0.29, 0.717) is 29.5 Å². The second kappa shape index (κ2) is 8.13. The Morgan fingerprint density at radius 3 is 2.24 bits per heavy atom. The summed E-state index contributed by atoms with van der Waals surface area (Å²) in [6.07, 6.45) is 1.91. The van der Waals surface area contributed by atoms with Crippen LogP contribution in [0.2, 0.25) is 0 Å². The molecular formula is C16H24ClNO3. The molecule has 0 aliphatic carbocycles. The summed E-state index contributed by atoms with van der Waals surface area (Å²) in [5, 5.41) is 2.96. The van der Waals surface area contributed by atoms with E-state index >= 15 is 0 Å². The molecule has 1 aromatic carbocycles. The van der Waals surface area contributed by atoms with Crippen LogP contribution in [0.1, 0.15) is 37.0 Å². The summed E-state index contributed by atoms with van der Waals surface area (Å²) in [7, 11) is 3.12. The van der Waals surface area contributed by atoms with Crippen molar-refractivity contribution >= 4 is 17.5 Å². The molecule has 0 saturated carbocycles. The van der Waals surface area contributed by atoms with Crippen LogP contribution in [0.4, 0.5) is 0 Å². The first-order chi connectivity index (χ1) is 9.91. The van der Waals surface area contributed by atoms with Gasteiger partial charge in [-0.1, -0.05) is 13.8 Å². The molecule has 0 heterocycles. The smallest absolute Gasteiger partial charge is 0.251 e. The fraction of sp³-hybridized carbons (Fsp3) is 0.562. The number of hydrogen-bond donors (Lipinski definition) is 1. The molecule has 1 rings (SSSR count). The first-order valence-corrected chi connectivity index (χ1v) is 7.52. The van der Waals surface area contributed by atoms with Crippen LogP contribution in [-0.2, 0) is 0 Å². The highest BCUT2D eigenvalue weighted by molar-refractivity contribution is 6.17. The highest BCUT2D eigenvalue weighted by Gasteiger charge is 2.19. The van der Waals surface area contributed by atoms with E-state index in [-0.39, 0.29) is 11.3 Å². The lowest BCUT2D eigenvalue weighted by Crippen LogP contribution is -2.34. The molecule has 0 saturated heterocycles.